The monoisotopic (exact) mass is 278 g/mol. The molecule has 1 aromatic carbocycles. The summed E-state index contributed by atoms with van der Waals surface area (Å²) in [7, 11) is 0. The number of carbonyl (C=O) groups is 1. The van der Waals surface area contributed by atoms with Gasteiger partial charge in [0.1, 0.15) is 5.75 Å². The SMILES string of the molecule is CCOc1cc(N)cc(C(=O)N2CCCOC(C)C2)c1. The highest BCUT2D eigenvalue weighted by Crippen LogP contribution is 2.21. The molecule has 0 bridgehead atoms. The number of amides is 1. The lowest BCUT2D eigenvalue weighted by Crippen LogP contribution is -2.35. The number of rotatable bonds is 3. The number of anilines is 1. The molecule has 0 aromatic heterocycles. The van der Waals surface area contributed by atoms with Crippen LogP contribution in [0.5, 0.6) is 5.75 Å². The third-order valence-corrected chi connectivity index (χ3v) is 3.23. The van der Waals surface area contributed by atoms with Crippen LogP contribution in [0.2, 0.25) is 0 Å². The van der Waals surface area contributed by atoms with Crippen LogP contribution in [0.4, 0.5) is 5.69 Å². The van der Waals surface area contributed by atoms with Crippen LogP contribution < -0.4 is 10.5 Å². The van der Waals surface area contributed by atoms with Crippen molar-refractivity contribution in [2.24, 2.45) is 0 Å². The van der Waals surface area contributed by atoms with E-state index in [0.29, 0.717) is 43.3 Å². The summed E-state index contributed by atoms with van der Waals surface area (Å²) in [6, 6.07) is 5.17. The Bertz CT molecular complexity index is 476. The van der Waals surface area contributed by atoms with Gasteiger partial charge < -0.3 is 20.1 Å². The number of hydrogen-bond acceptors (Lipinski definition) is 4. The van der Waals surface area contributed by atoms with Crippen molar-refractivity contribution in [1.82, 2.24) is 4.90 Å². The van der Waals surface area contributed by atoms with E-state index in [-0.39, 0.29) is 12.0 Å². The number of nitrogen functional groups attached to an aromatic ring is 1. The van der Waals surface area contributed by atoms with E-state index in [9.17, 15) is 4.79 Å². The Hall–Kier alpha value is -1.75. The van der Waals surface area contributed by atoms with Gasteiger partial charge in [-0.1, -0.05) is 0 Å². The molecule has 1 fully saturated rings. The van der Waals surface area contributed by atoms with Gasteiger partial charge in [0, 0.05) is 37.0 Å². The molecule has 0 spiro atoms. The number of ether oxygens (including phenoxy) is 2. The molecule has 1 heterocycles. The molecule has 0 radical (unpaired) electrons. The zero-order valence-electron chi connectivity index (χ0n) is 12.1. The van der Waals surface area contributed by atoms with Crippen molar-refractivity contribution in [2.45, 2.75) is 26.4 Å². The highest BCUT2D eigenvalue weighted by Gasteiger charge is 2.21. The topological polar surface area (TPSA) is 64.8 Å². The average molecular weight is 278 g/mol. The lowest BCUT2D eigenvalue weighted by atomic mass is 10.1. The molecule has 1 atom stereocenters. The van der Waals surface area contributed by atoms with E-state index in [1.54, 1.807) is 18.2 Å². The van der Waals surface area contributed by atoms with Crippen LogP contribution in [-0.4, -0.2) is 43.2 Å². The van der Waals surface area contributed by atoms with Gasteiger partial charge in [-0.25, -0.2) is 0 Å². The average Bonchev–Trinajstić information content (AvgIpc) is 2.62. The van der Waals surface area contributed by atoms with Crippen LogP contribution in [-0.2, 0) is 4.74 Å². The minimum Gasteiger partial charge on any atom is -0.494 e. The van der Waals surface area contributed by atoms with Gasteiger partial charge in [-0.15, -0.1) is 0 Å². The van der Waals surface area contributed by atoms with Gasteiger partial charge in [0.25, 0.3) is 5.91 Å². The molecule has 1 saturated heterocycles. The van der Waals surface area contributed by atoms with Gasteiger partial charge in [-0.05, 0) is 32.4 Å². The lowest BCUT2D eigenvalue weighted by molar-refractivity contribution is 0.0562. The van der Waals surface area contributed by atoms with Crippen LogP contribution in [0.1, 0.15) is 30.6 Å². The summed E-state index contributed by atoms with van der Waals surface area (Å²) in [6.07, 6.45) is 0.922. The number of benzene rings is 1. The summed E-state index contributed by atoms with van der Waals surface area (Å²) < 4.78 is 11.0. The first-order chi connectivity index (χ1) is 9.60. The van der Waals surface area contributed by atoms with Crippen LogP contribution in [0.3, 0.4) is 0 Å². The van der Waals surface area contributed by atoms with Crippen molar-refractivity contribution in [3.05, 3.63) is 23.8 Å². The second-order valence-electron chi connectivity index (χ2n) is 5.01. The molecule has 1 aliphatic rings. The molecular weight excluding hydrogens is 256 g/mol. The number of nitrogens with two attached hydrogens (primary N) is 1. The minimum absolute atomic E-state index is 0.0180. The summed E-state index contributed by atoms with van der Waals surface area (Å²) in [5, 5.41) is 0. The zero-order valence-corrected chi connectivity index (χ0v) is 12.1. The molecule has 5 nitrogen and oxygen atoms in total. The Balaban J connectivity index is 2.18. The maximum Gasteiger partial charge on any atom is 0.254 e. The molecule has 1 unspecified atom stereocenters. The third kappa shape index (κ3) is 3.63. The largest absolute Gasteiger partial charge is 0.494 e. The van der Waals surface area contributed by atoms with Gasteiger partial charge in [-0.2, -0.15) is 0 Å². The fourth-order valence-electron chi connectivity index (χ4n) is 2.36. The van der Waals surface area contributed by atoms with Crippen LogP contribution in [0.25, 0.3) is 0 Å². The van der Waals surface area contributed by atoms with Gasteiger partial charge in [0.2, 0.25) is 0 Å². The Morgan fingerprint density at radius 1 is 1.50 bits per heavy atom. The van der Waals surface area contributed by atoms with Crippen LogP contribution in [0, 0.1) is 0 Å². The van der Waals surface area contributed by atoms with Gasteiger partial charge >= 0.3 is 0 Å². The summed E-state index contributed by atoms with van der Waals surface area (Å²) in [4.78, 5) is 14.4. The van der Waals surface area contributed by atoms with Crippen LogP contribution >= 0.6 is 0 Å². The first-order valence-electron chi connectivity index (χ1n) is 7.04. The smallest absolute Gasteiger partial charge is 0.254 e. The maximum atomic E-state index is 12.6. The summed E-state index contributed by atoms with van der Waals surface area (Å²) in [5.74, 6) is 0.616. The summed E-state index contributed by atoms with van der Waals surface area (Å²) in [6.45, 7) is 6.45. The molecule has 1 aliphatic heterocycles. The predicted molar refractivity (Wildman–Crippen MR) is 78.0 cm³/mol. The van der Waals surface area contributed by atoms with E-state index in [4.69, 9.17) is 15.2 Å². The fourth-order valence-corrected chi connectivity index (χ4v) is 2.36. The van der Waals surface area contributed by atoms with E-state index in [1.807, 2.05) is 18.7 Å². The van der Waals surface area contributed by atoms with Crippen LogP contribution in [0.15, 0.2) is 18.2 Å². The normalized spacial score (nSPS) is 19.5. The molecule has 2 rings (SSSR count). The van der Waals surface area contributed by atoms with E-state index < -0.39 is 0 Å². The van der Waals surface area contributed by atoms with Crippen molar-refractivity contribution in [2.75, 3.05) is 32.0 Å². The lowest BCUT2D eigenvalue weighted by Gasteiger charge is -2.22. The van der Waals surface area contributed by atoms with Crippen molar-refractivity contribution in [3.63, 3.8) is 0 Å². The molecule has 20 heavy (non-hydrogen) atoms. The third-order valence-electron chi connectivity index (χ3n) is 3.23. The number of nitrogens with zero attached hydrogens (tertiary/aromatic N) is 1. The second kappa shape index (κ2) is 6.61. The maximum absolute atomic E-state index is 12.6. The predicted octanol–water partition coefficient (Wildman–Crippen LogP) is 1.92. The Morgan fingerprint density at radius 2 is 2.30 bits per heavy atom. The van der Waals surface area contributed by atoms with Gasteiger partial charge in [0.05, 0.1) is 12.7 Å². The molecular formula is C15H22N2O3. The quantitative estimate of drug-likeness (QED) is 0.858. The summed E-state index contributed by atoms with van der Waals surface area (Å²) in [5.41, 5.74) is 6.95. The fraction of sp³-hybridized carbons (Fsp3) is 0.533. The zero-order chi connectivity index (χ0) is 14.5. The number of carbonyl (C=O) groups excluding carboxylic acids is 1. The van der Waals surface area contributed by atoms with E-state index in [1.165, 1.54) is 0 Å². The highest BCUT2D eigenvalue weighted by molar-refractivity contribution is 5.95. The van der Waals surface area contributed by atoms with E-state index in [0.717, 1.165) is 6.42 Å². The van der Waals surface area contributed by atoms with E-state index in [2.05, 4.69) is 0 Å². The second-order valence-corrected chi connectivity index (χ2v) is 5.01. The molecule has 5 heteroatoms. The highest BCUT2D eigenvalue weighted by atomic mass is 16.5. The Morgan fingerprint density at radius 3 is 3.05 bits per heavy atom. The standard InChI is InChI=1S/C15H22N2O3/c1-3-19-14-8-12(7-13(16)9-14)15(18)17-5-4-6-20-11(2)10-17/h7-9,11H,3-6,10,16H2,1-2H3. The number of hydrogen-bond donors (Lipinski definition) is 1. The molecule has 0 saturated carbocycles. The van der Waals surface area contributed by atoms with Crippen molar-refractivity contribution >= 4 is 11.6 Å². The Labute approximate surface area is 119 Å². The first kappa shape index (κ1) is 14.7. The molecule has 110 valence electrons. The van der Waals surface area contributed by atoms with Gasteiger partial charge in [-0.3, -0.25) is 4.79 Å². The molecule has 1 aromatic rings. The van der Waals surface area contributed by atoms with Crippen molar-refractivity contribution in [3.8, 4) is 5.75 Å². The minimum atomic E-state index is -0.0180. The van der Waals surface area contributed by atoms with E-state index >= 15 is 0 Å². The Kier molecular flexibility index (Phi) is 4.84. The van der Waals surface area contributed by atoms with Crippen molar-refractivity contribution in [1.29, 1.82) is 0 Å². The summed E-state index contributed by atoms with van der Waals surface area (Å²) >= 11 is 0. The first-order valence-corrected chi connectivity index (χ1v) is 7.04. The molecule has 1 amide bonds. The molecule has 2 N–H and O–H groups in total. The van der Waals surface area contributed by atoms with Crippen molar-refractivity contribution < 1.29 is 14.3 Å². The molecule has 0 aliphatic carbocycles. The van der Waals surface area contributed by atoms with Gasteiger partial charge in [0.15, 0.2) is 0 Å².